The Hall–Kier alpha value is -3.21. The molecule has 23 nitrogen and oxygen atoms in total. The number of carbonyl (C=O) groups excluding carboxylic acids is 3. The minimum absolute atomic E-state index is 0.0718. The first-order chi connectivity index (χ1) is 28.7. The Bertz CT molecular complexity index is 1540. The first-order valence-corrected chi connectivity index (χ1v) is 19.9. The van der Waals surface area contributed by atoms with E-state index in [0.717, 1.165) is 0 Å². The van der Waals surface area contributed by atoms with Gasteiger partial charge in [0.05, 0.1) is 32.5 Å². The fourth-order valence-corrected chi connectivity index (χ4v) is 6.49. The van der Waals surface area contributed by atoms with Gasteiger partial charge in [-0.3, -0.25) is 9.59 Å². The molecule has 0 aliphatic carbocycles. The predicted octanol–water partition coefficient (Wildman–Crippen LogP) is -4.86. The summed E-state index contributed by atoms with van der Waals surface area (Å²) >= 11 is 0. The van der Waals surface area contributed by atoms with Gasteiger partial charge in [0.1, 0.15) is 72.7 Å². The van der Waals surface area contributed by atoms with Gasteiger partial charge < -0.3 is 99.8 Å². The van der Waals surface area contributed by atoms with Crippen molar-refractivity contribution in [1.29, 1.82) is 0 Å². The fraction of sp³-hybridized carbons (Fsp3) is 0.763. The number of alkyl carbamates (subject to hydrolysis) is 1. The van der Waals surface area contributed by atoms with E-state index in [9.17, 15) is 65.4 Å². The molecule has 0 radical (unpaired) electrons. The van der Waals surface area contributed by atoms with Crippen molar-refractivity contribution in [3.8, 4) is 0 Å². The fourth-order valence-electron chi connectivity index (χ4n) is 6.49. The number of aliphatic hydroxyl groups excluding tert-OH is 10. The summed E-state index contributed by atoms with van der Waals surface area (Å²) in [7, 11) is 0. The number of nitrogens with zero attached hydrogens (tertiary/aromatic N) is 1. The maximum atomic E-state index is 14.0. The summed E-state index contributed by atoms with van der Waals surface area (Å²) < 4.78 is 38.3. The van der Waals surface area contributed by atoms with Crippen molar-refractivity contribution in [3.05, 3.63) is 35.4 Å². The van der Waals surface area contributed by atoms with Crippen LogP contribution in [0.3, 0.4) is 0 Å². The minimum Gasteiger partial charge on any atom is -0.444 e. The maximum absolute atomic E-state index is 14.0. The highest BCUT2D eigenvalue weighted by Gasteiger charge is 2.46. The van der Waals surface area contributed by atoms with Crippen molar-refractivity contribution in [2.75, 3.05) is 46.0 Å². The van der Waals surface area contributed by atoms with Gasteiger partial charge >= 0.3 is 6.09 Å². The van der Waals surface area contributed by atoms with Crippen LogP contribution in [0.25, 0.3) is 0 Å². The Labute approximate surface area is 351 Å². The Morgan fingerprint density at radius 3 is 1.75 bits per heavy atom. The molecule has 0 unspecified atom stereocenters. The molecule has 4 rings (SSSR count). The smallest absolute Gasteiger partial charge is 0.407 e. The minimum atomic E-state index is -1.79. The number of ether oxygens (including phenoxy) is 7. The zero-order valence-corrected chi connectivity index (χ0v) is 34.3. The summed E-state index contributed by atoms with van der Waals surface area (Å²) in [6.45, 7) is 4.53. The molecule has 3 heterocycles. The quantitative estimate of drug-likeness (QED) is 0.0615. The zero-order valence-electron chi connectivity index (χ0n) is 34.3. The van der Waals surface area contributed by atoms with Gasteiger partial charge in [0.15, 0.2) is 18.9 Å². The molecule has 15 atom stereocenters. The lowest BCUT2D eigenvalue weighted by Crippen LogP contribution is -2.61. The van der Waals surface area contributed by atoms with Crippen molar-refractivity contribution in [3.63, 3.8) is 0 Å². The van der Waals surface area contributed by atoms with Crippen LogP contribution in [0.1, 0.15) is 50.0 Å². The first-order valence-electron chi connectivity index (χ1n) is 19.9. The van der Waals surface area contributed by atoms with E-state index >= 15 is 0 Å². The number of amides is 3. The Morgan fingerprint density at radius 1 is 0.672 bits per heavy atom. The highest BCUT2D eigenvalue weighted by atomic mass is 16.7. The zero-order chi connectivity index (χ0) is 45.2. The molecular formula is C38H61N3O20. The number of hydrogen-bond donors (Lipinski definition) is 12. The third-order valence-corrected chi connectivity index (χ3v) is 10.00. The second-order valence-corrected chi connectivity index (χ2v) is 15.9. The van der Waals surface area contributed by atoms with Crippen molar-refractivity contribution < 1.29 is 98.6 Å². The van der Waals surface area contributed by atoms with Crippen molar-refractivity contribution in [2.24, 2.45) is 0 Å². The summed E-state index contributed by atoms with van der Waals surface area (Å²) in [6.07, 6.45) is -23.0. The SMILES string of the molecule is C[C@@H]1O[C@@H](OCCNC(=O)CCN(C[C@H]2O[C@@H](OCCNC(=O)OC(C)(C)C)[C@H](O)[C@@H](O)[C@H]2O)C(=O)c2ccc(CO[C@H]3O[C@H](CO)[C@@H](O)[C@H](O)[C@@H]3O)cc2)[C@@H](O)[C@H](O)[C@@H]1O. The number of benzene rings is 1. The van der Waals surface area contributed by atoms with Gasteiger partial charge in [0, 0.05) is 38.2 Å². The summed E-state index contributed by atoms with van der Waals surface area (Å²) in [5, 5.41) is 107. The Balaban J connectivity index is 1.40. The molecule has 3 fully saturated rings. The lowest BCUT2D eigenvalue weighted by Gasteiger charge is -2.42. The maximum Gasteiger partial charge on any atom is 0.407 e. The predicted molar refractivity (Wildman–Crippen MR) is 204 cm³/mol. The molecule has 12 N–H and O–H groups in total. The van der Waals surface area contributed by atoms with Crippen molar-refractivity contribution in [2.45, 2.75) is 138 Å². The van der Waals surface area contributed by atoms with Crippen LogP contribution >= 0.6 is 0 Å². The van der Waals surface area contributed by atoms with Gasteiger partial charge in [-0.1, -0.05) is 12.1 Å². The number of aliphatic hydroxyl groups is 10. The van der Waals surface area contributed by atoms with E-state index in [1.54, 1.807) is 20.8 Å². The molecule has 0 bridgehead atoms. The van der Waals surface area contributed by atoms with E-state index in [4.69, 9.17) is 33.2 Å². The van der Waals surface area contributed by atoms with E-state index in [1.807, 2.05) is 0 Å². The molecule has 1 aromatic rings. The van der Waals surface area contributed by atoms with Crippen LogP contribution in [0.2, 0.25) is 0 Å². The largest absolute Gasteiger partial charge is 0.444 e. The summed E-state index contributed by atoms with van der Waals surface area (Å²) in [6, 6.07) is 5.88. The highest BCUT2D eigenvalue weighted by Crippen LogP contribution is 2.26. The van der Waals surface area contributed by atoms with Crippen LogP contribution in [-0.4, -0.2) is 218 Å². The second kappa shape index (κ2) is 22.9. The van der Waals surface area contributed by atoms with Crippen molar-refractivity contribution in [1.82, 2.24) is 15.5 Å². The molecule has 3 aliphatic heterocycles. The average molecular weight is 880 g/mol. The van der Waals surface area contributed by atoms with E-state index in [2.05, 4.69) is 10.6 Å². The molecule has 0 aromatic heterocycles. The summed E-state index contributed by atoms with van der Waals surface area (Å²) in [5.74, 6) is -1.19. The number of rotatable bonds is 18. The molecule has 0 saturated carbocycles. The van der Waals surface area contributed by atoms with Crippen LogP contribution in [0, 0.1) is 0 Å². The first kappa shape index (κ1) is 50.4. The standard InChI is InChI=1S/C38H61N3O20/c1-18-24(44)27(47)30(50)34(58-18)55-13-10-39-23(43)9-12-41(15-21-25(45)28(48)31(51)35(59-21)56-14-11-40-37(54)61-38(2,3)4)33(53)20-7-5-19(6-8-20)17-57-36-32(52)29(49)26(46)22(16-42)60-36/h5-8,18,21-22,24-32,34-36,42,44-52H,9-17H2,1-4H3,(H,39,43)(H,40,54)/t18-,21+,22+,24+,25-,26+,27+,28-,29-,30-,31+,32-,34+,35+,36-/m0/s1. The molecule has 0 spiro atoms. The van der Waals surface area contributed by atoms with Crippen LogP contribution in [0.5, 0.6) is 0 Å². The summed E-state index contributed by atoms with van der Waals surface area (Å²) in [5.41, 5.74) is -0.167. The lowest BCUT2D eigenvalue weighted by molar-refractivity contribution is -0.304. The number of nitrogens with one attached hydrogen (secondary N) is 2. The lowest BCUT2D eigenvalue weighted by atomic mass is 9.98. The van der Waals surface area contributed by atoms with Gasteiger partial charge in [-0.2, -0.15) is 0 Å². The van der Waals surface area contributed by atoms with E-state index in [-0.39, 0.29) is 51.4 Å². The van der Waals surface area contributed by atoms with Crippen LogP contribution in [-0.2, 0) is 44.6 Å². The van der Waals surface area contributed by atoms with E-state index in [0.29, 0.717) is 5.56 Å². The molecule has 3 saturated heterocycles. The van der Waals surface area contributed by atoms with Gasteiger partial charge in [-0.05, 0) is 45.4 Å². The average Bonchev–Trinajstić information content (AvgIpc) is 3.22. The van der Waals surface area contributed by atoms with Gasteiger partial charge in [0.25, 0.3) is 5.91 Å². The topological polar surface area (TPSA) is 345 Å². The third kappa shape index (κ3) is 14.1. The van der Waals surface area contributed by atoms with Crippen LogP contribution in [0.4, 0.5) is 4.79 Å². The molecule has 3 amide bonds. The normalized spacial score (nSPS) is 34.4. The van der Waals surface area contributed by atoms with E-state index in [1.165, 1.54) is 36.1 Å². The highest BCUT2D eigenvalue weighted by molar-refractivity contribution is 5.94. The second-order valence-electron chi connectivity index (χ2n) is 15.9. The molecule has 1 aromatic carbocycles. The molecule has 23 heteroatoms. The van der Waals surface area contributed by atoms with E-state index < -0.39 is 129 Å². The summed E-state index contributed by atoms with van der Waals surface area (Å²) in [4.78, 5) is 40.1. The Kier molecular flexibility index (Phi) is 19.0. The van der Waals surface area contributed by atoms with Crippen LogP contribution < -0.4 is 10.6 Å². The Morgan fingerprint density at radius 2 is 1.18 bits per heavy atom. The van der Waals surface area contributed by atoms with Crippen LogP contribution in [0.15, 0.2) is 24.3 Å². The number of hydrogen-bond acceptors (Lipinski definition) is 20. The monoisotopic (exact) mass is 879 g/mol. The molecule has 61 heavy (non-hydrogen) atoms. The molecule has 348 valence electrons. The van der Waals surface area contributed by atoms with Crippen molar-refractivity contribution >= 4 is 17.9 Å². The third-order valence-electron chi connectivity index (χ3n) is 10.00. The van der Waals surface area contributed by atoms with Gasteiger partial charge in [-0.15, -0.1) is 0 Å². The van der Waals surface area contributed by atoms with Gasteiger partial charge in [-0.25, -0.2) is 4.79 Å². The van der Waals surface area contributed by atoms with Gasteiger partial charge in [0.2, 0.25) is 5.91 Å². The molecular weight excluding hydrogens is 818 g/mol. The number of carbonyl (C=O) groups is 3. The molecule has 3 aliphatic rings.